The first-order valence-corrected chi connectivity index (χ1v) is 14.2. The van der Waals surface area contributed by atoms with Crippen LogP contribution in [0.3, 0.4) is 0 Å². The summed E-state index contributed by atoms with van der Waals surface area (Å²) in [5.74, 6) is 0.447. The summed E-state index contributed by atoms with van der Waals surface area (Å²) in [5.41, 5.74) is 5.41. The number of hydrazone groups is 1. The number of ether oxygens (including phenoxy) is 2. The van der Waals surface area contributed by atoms with Crippen LogP contribution in [0.4, 0.5) is 5.69 Å². The van der Waals surface area contributed by atoms with Crippen molar-refractivity contribution in [1.82, 2.24) is 5.43 Å². The Balaban J connectivity index is 1.45. The van der Waals surface area contributed by atoms with E-state index in [2.05, 4.69) is 10.5 Å². The van der Waals surface area contributed by atoms with Crippen molar-refractivity contribution < 1.29 is 22.7 Å². The number of aryl methyl sites for hydroxylation is 1. The van der Waals surface area contributed by atoms with Gasteiger partial charge in [0.1, 0.15) is 24.7 Å². The quantitative estimate of drug-likeness (QED) is 0.188. The molecule has 0 saturated carbocycles. The molecular weight excluding hydrogens is 526 g/mol. The lowest BCUT2D eigenvalue weighted by Crippen LogP contribution is -2.39. The number of rotatable bonds is 12. The summed E-state index contributed by atoms with van der Waals surface area (Å²) in [5, 5.41) is 4.02. The third kappa shape index (κ3) is 7.48. The summed E-state index contributed by atoms with van der Waals surface area (Å²) < 4.78 is 39.8. The van der Waals surface area contributed by atoms with Crippen LogP contribution in [0.15, 0.2) is 113 Å². The van der Waals surface area contributed by atoms with Crippen molar-refractivity contribution >= 4 is 27.8 Å². The number of carbonyl (C=O) groups excluding carboxylic acids is 1. The molecule has 4 aromatic carbocycles. The Morgan fingerprint density at radius 2 is 1.55 bits per heavy atom. The average molecular weight is 558 g/mol. The minimum Gasteiger partial charge on any atom is -0.492 e. The second kappa shape index (κ2) is 13.4. The third-order valence-corrected chi connectivity index (χ3v) is 7.64. The molecule has 206 valence electrons. The number of carbonyl (C=O) groups is 1. The number of sulfonamides is 1. The van der Waals surface area contributed by atoms with Crippen LogP contribution in [0.5, 0.6) is 11.5 Å². The minimum absolute atomic E-state index is 0.0651. The Labute approximate surface area is 234 Å². The monoisotopic (exact) mass is 557 g/mol. The second-order valence-corrected chi connectivity index (χ2v) is 10.7. The first-order valence-electron chi connectivity index (χ1n) is 12.8. The van der Waals surface area contributed by atoms with Gasteiger partial charge in [-0.2, -0.15) is 5.10 Å². The van der Waals surface area contributed by atoms with E-state index in [-0.39, 0.29) is 10.6 Å². The number of hydrogen-bond donors (Lipinski definition) is 1. The molecule has 40 heavy (non-hydrogen) atoms. The summed E-state index contributed by atoms with van der Waals surface area (Å²) in [7, 11) is -4.09. The highest BCUT2D eigenvalue weighted by atomic mass is 32.2. The number of nitrogens with one attached hydrogen (secondary N) is 1. The Bertz CT molecular complexity index is 1540. The zero-order valence-corrected chi connectivity index (χ0v) is 23.2. The van der Waals surface area contributed by atoms with Gasteiger partial charge >= 0.3 is 0 Å². The average Bonchev–Trinajstić information content (AvgIpc) is 2.97. The van der Waals surface area contributed by atoms with Crippen molar-refractivity contribution in [3.05, 3.63) is 120 Å². The van der Waals surface area contributed by atoms with Crippen LogP contribution in [0.25, 0.3) is 0 Å². The predicted octanol–water partition coefficient (Wildman–Crippen LogP) is 5.32. The molecule has 0 unspecified atom stereocenters. The number of nitrogens with zero attached hydrogens (tertiary/aromatic N) is 2. The molecule has 1 N–H and O–H groups in total. The largest absolute Gasteiger partial charge is 0.492 e. The first kappa shape index (κ1) is 28.4. The van der Waals surface area contributed by atoms with E-state index in [1.165, 1.54) is 18.3 Å². The highest BCUT2D eigenvalue weighted by Crippen LogP contribution is 2.32. The number of benzene rings is 4. The first-order chi connectivity index (χ1) is 19.4. The van der Waals surface area contributed by atoms with Gasteiger partial charge in [0.15, 0.2) is 0 Å². The number of para-hydroxylation sites is 2. The lowest BCUT2D eigenvalue weighted by Gasteiger charge is -2.25. The molecule has 0 heterocycles. The lowest BCUT2D eigenvalue weighted by molar-refractivity contribution is -0.119. The fourth-order valence-electron chi connectivity index (χ4n) is 3.81. The standard InChI is InChI=1S/C31H31N3O5S/c1-3-38-30-12-8-7-11-29(30)34(40(36,37)28-19-13-24(2)14-20-28)22-31(35)33-32-21-25-15-17-27(18-16-25)39-23-26-9-5-4-6-10-26/h4-21H,3,22-23H2,1-2H3,(H,33,35)/b32-21-. The van der Waals surface area contributed by atoms with Crippen LogP contribution in [0.1, 0.15) is 23.6 Å². The van der Waals surface area contributed by atoms with Gasteiger partial charge in [0.2, 0.25) is 0 Å². The highest BCUT2D eigenvalue weighted by Gasteiger charge is 2.29. The molecule has 0 atom stereocenters. The Hall–Kier alpha value is -4.63. The molecular formula is C31H31N3O5S. The number of amides is 1. The van der Waals surface area contributed by atoms with E-state index in [1.807, 2.05) is 61.5 Å². The van der Waals surface area contributed by atoms with Crippen LogP contribution in [-0.4, -0.2) is 33.7 Å². The van der Waals surface area contributed by atoms with Crippen LogP contribution < -0.4 is 19.2 Å². The molecule has 0 bridgehead atoms. The zero-order valence-electron chi connectivity index (χ0n) is 22.4. The van der Waals surface area contributed by atoms with Crippen molar-refractivity contribution in [3.63, 3.8) is 0 Å². The normalized spacial score (nSPS) is 11.2. The molecule has 4 rings (SSSR count). The molecule has 0 saturated heterocycles. The summed E-state index contributed by atoms with van der Waals surface area (Å²) >= 11 is 0. The van der Waals surface area contributed by atoms with E-state index in [9.17, 15) is 13.2 Å². The van der Waals surface area contributed by atoms with Crippen molar-refractivity contribution in [2.75, 3.05) is 17.5 Å². The summed E-state index contributed by atoms with van der Waals surface area (Å²) in [6.07, 6.45) is 1.48. The Kier molecular flexibility index (Phi) is 9.53. The van der Waals surface area contributed by atoms with Crippen LogP contribution in [0.2, 0.25) is 0 Å². The van der Waals surface area contributed by atoms with Gasteiger partial charge in [-0.25, -0.2) is 13.8 Å². The van der Waals surface area contributed by atoms with Gasteiger partial charge < -0.3 is 9.47 Å². The molecule has 0 aliphatic carbocycles. The minimum atomic E-state index is -4.09. The predicted molar refractivity (Wildman–Crippen MR) is 156 cm³/mol. The van der Waals surface area contributed by atoms with Gasteiger partial charge in [-0.1, -0.05) is 60.2 Å². The molecule has 0 radical (unpaired) electrons. The molecule has 0 aliphatic heterocycles. The third-order valence-electron chi connectivity index (χ3n) is 5.86. The molecule has 4 aromatic rings. The molecule has 0 aromatic heterocycles. The summed E-state index contributed by atoms with van der Waals surface area (Å²) in [6.45, 7) is 3.97. The molecule has 0 aliphatic rings. The lowest BCUT2D eigenvalue weighted by atomic mass is 10.2. The van der Waals surface area contributed by atoms with Crippen molar-refractivity contribution in [2.45, 2.75) is 25.3 Å². The van der Waals surface area contributed by atoms with Crippen molar-refractivity contribution in [3.8, 4) is 11.5 Å². The molecule has 0 spiro atoms. The van der Waals surface area contributed by atoms with E-state index in [4.69, 9.17) is 9.47 Å². The fraction of sp³-hybridized carbons (Fsp3) is 0.161. The van der Waals surface area contributed by atoms with Gasteiger partial charge in [-0.05, 0) is 73.5 Å². The summed E-state index contributed by atoms with van der Waals surface area (Å²) in [4.78, 5) is 13.0. The Morgan fingerprint density at radius 1 is 0.875 bits per heavy atom. The highest BCUT2D eigenvalue weighted by molar-refractivity contribution is 7.92. The van der Waals surface area contributed by atoms with Crippen LogP contribution in [-0.2, 0) is 21.4 Å². The van der Waals surface area contributed by atoms with Gasteiger partial charge in [0.25, 0.3) is 15.9 Å². The SMILES string of the molecule is CCOc1ccccc1N(CC(=O)N/N=C\c1ccc(OCc2ccccc2)cc1)S(=O)(=O)c1ccc(C)cc1. The number of anilines is 1. The van der Waals surface area contributed by atoms with E-state index in [1.54, 1.807) is 43.3 Å². The molecule has 8 nitrogen and oxygen atoms in total. The molecule has 9 heteroatoms. The second-order valence-electron chi connectivity index (χ2n) is 8.86. The van der Waals surface area contributed by atoms with Crippen molar-refractivity contribution in [1.29, 1.82) is 0 Å². The summed E-state index contributed by atoms with van der Waals surface area (Å²) in [6, 6.07) is 30.3. The molecule has 1 amide bonds. The topological polar surface area (TPSA) is 97.3 Å². The van der Waals surface area contributed by atoms with Crippen molar-refractivity contribution in [2.24, 2.45) is 5.10 Å². The number of hydrogen-bond acceptors (Lipinski definition) is 6. The molecule has 0 fully saturated rings. The maximum Gasteiger partial charge on any atom is 0.264 e. The van der Waals surface area contributed by atoms with Gasteiger partial charge in [0.05, 0.1) is 23.4 Å². The Morgan fingerprint density at radius 3 is 2.25 bits per heavy atom. The maximum atomic E-state index is 13.6. The smallest absolute Gasteiger partial charge is 0.264 e. The van der Waals surface area contributed by atoms with E-state index in [0.29, 0.717) is 24.7 Å². The van der Waals surface area contributed by atoms with E-state index >= 15 is 0 Å². The van der Waals surface area contributed by atoms with Crippen LogP contribution in [0, 0.1) is 6.92 Å². The van der Waals surface area contributed by atoms with Gasteiger partial charge in [0, 0.05) is 0 Å². The van der Waals surface area contributed by atoms with E-state index in [0.717, 1.165) is 21.0 Å². The fourth-order valence-corrected chi connectivity index (χ4v) is 5.24. The van der Waals surface area contributed by atoms with Crippen LogP contribution >= 0.6 is 0 Å². The maximum absolute atomic E-state index is 13.6. The van der Waals surface area contributed by atoms with E-state index < -0.39 is 22.5 Å². The van der Waals surface area contributed by atoms with Gasteiger partial charge in [-0.15, -0.1) is 0 Å². The van der Waals surface area contributed by atoms with Gasteiger partial charge in [-0.3, -0.25) is 9.10 Å². The zero-order chi connectivity index (χ0) is 28.4.